The van der Waals surface area contributed by atoms with E-state index in [2.05, 4.69) is 26.7 Å². The molecule has 0 saturated heterocycles. The second-order valence-corrected chi connectivity index (χ2v) is 5.44. The van der Waals surface area contributed by atoms with E-state index in [1.54, 1.807) is 23.5 Å². The lowest BCUT2D eigenvalue weighted by Crippen LogP contribution is -2.11. The fraction of sp³-hybridized carbons (Fsp3) is 0.143. The van der Waals surface area contributed by atoms with E-state index in [4.69, 9.17) is 5.73 Å². The van der Waals surface area contributed by atoms with Crippen LogP contribution in [0.2, 0.25) is 0 Å². The number of benzene rings is 1. The Bertz CT molecular complexity index is 733. The highest BCUT2D eigenvalue weighted by molar-refractivity contribution is 7.09. The molecule has 0 aliphatic carbocycles. The number of carbonyl (C=O) groups is 1. The van der Waals surface area contributed by atoms with Crippen LogP contribution in [0.4, 0.5) is 5.95 Å². The maximum atomic E-state index is 11.3. The molecule has 0 aliphatic rings. The number of hydrogen-bond acceptors (Lipinski definition) is 4. The minimum atomic E-state index is -0.466. The minimum Gasteiger partial charge on any atom is -0.366 e. The van der Waals surface area contributed by atoms with E-state index >= 15 is 0 Å². The van der Waals surface area contributed by atoms with Crippen LogP contribution in [0, 0.1) is 0 Å². The molecule has 20 heavy (non-hydrogen) atoms. The lowest BCUT2D eigenvalue weighted by molar-refractivity contribution is 0.100. The molecule has 0 radical (unpaired) electrons. The SMILES string of the molecule is NC(=O)c1cccc2[nH]c(NCCc3cccs3)nc12. The third-order valence-electron chi connectivity index (χ3n) is 3.02. The molecule has 3 aromatic rings. The first-order chi connectivity index (χ1) is 9.74. The normalized spacial score (nSPS) is 10.8. The molecule has 0 unspecified atom stereocenters. The minimum absolute atomic E-state index is 0.435. The highest BCUT2D eigenvalue weighted by Gasteiger charge is 2.10. The molecule has 2 aromatic heterocycles. The van der Waals surface area contributed by atoms with Crippen molar-refractivity contribution in [2.45, 2.75) is 6.42 Å². The van der Waals surface area contributed by atoms with E-state index in [-0.39, 0.29) is 0 Å². The largest absolute Gasteiger partial charge is 0.366 e. The number of imidazole rings is 1. The van der Waals surface area contributed by atoms with E-state index in [9.17, 15) is 4.79 Å². The molecule has 0 atom stereocenters. The van der Waals surface area contributed by atoms with Crippen LogP contribution in [0.25, 0.3) is 11.0 Å². The van der Waals surface area contributed by atoms with Crippen molar-refractivity contribution in [3.8, 4) is 0 Å². The van der Waals surface area contributed by atoms with Crippen molar-refractivity contribution in [2.24, 2.45) is 5.73 Å². The Morgan fingerprint density at radius 1 is 1.35 bits per heavy atom. The van der Waals surface area contributed by atoms with Gasteiger partial charge in [-0.05, 0) is 30.0 Å². The van der Waals surface area contributed by atoms with E-state index in [0.29, 0.717) is 17.0 Å². The quantitative estimate of drug-likeness (QED) is 0.673. The van der Waals surface area contributed by atoms with E-state index < -0.39 is 5.91 Å². The van der Waals surface area contributed by atoms with Gasteiger partial charge in [0, 0.05) is 11.4 Å². The van der Waals surface area contributed by atoms with E-state index in [1.807, 2.05) is 12.1 Å². The maximum absolute atomic E-state index is 11.3. The molecule has 5 nitrogen and oxygen atoms in total. The first-order valence-corrected chi connectivity index (χ1v) is 7.17. The zero-order chi connectivity index (χ0) is 13.9. The third-order valence-corrected chi connectivity index (χ3v) is 3.96. The Morgan fingerprint density at radius 3 is 3.00 bits per heavy atom. The number of thiophene rings is 1. The average Bonchev–Trinajstić information content (AvgIpc) is 3.06. The van der Waals surface area contributed by atoms with Crippen molar-refractivity contribution < 1.29 is 4.79 Å². The number of primary amides is 1. The van der Waals surface area contributed by atoms with Gasteiger partial charge in [0.25, 0.3) is 5.91 Å². The Hall–Kier alpha value is -2.34. The molecule has 1 aromatic carbocycles. The van der Waals surface area contributed by atoms with Crippen LogP contribution in [-0.4, -0.2) is 22.4 Å². The Labute approximate surface area is 119 Å². The number of aromatic nitrogens is 2. The number of nitrogens with one attached hydrogen (secondary N) is 2. The molecule has 102 valence electrons. The summed E-state index contributed by atoms with van der Waals surface area (Å²) in [6, 6.07) is 9.49. The van der Waals surface area contributed by atoms with Gasteiger partial charge in [-0.2, -0.15) is 0 Å². The van der Waals surface area contributed by atoms with Crippen LogP contribution in [0.1, 0.15) is 15.2 Å². The first-order valence-electron chi connectivity index (χ1n) is 6.29. The zero-order valence-electron chi connectivity index (χ0n) is 10.7. The summed E-state index contributed by atoms with van der Waals surface area (Å²) in [5.41, 5.74) is 7.19. The summed E-state index contributed by atoms with van der Waals surface area (Å²) in [6.07, 6.45) is 0.942. The number of nitrogens with two attached hydrogens (primary N) is 1. The monoisotopic (exact) mass is 286 g/mol. The number of fused-ring (bicyclic) bond motifs is 1. The highest BCUT2D eigenvalue weighted by Crippen LogP contribution is 2.18. The van der Waals surface area contributed by atoms with Crippen LogP contribution in [-0.2, 0) is 6.42 Å². The number of nitrogens with zero attached hydrogens (tertiary/aromatic N) is 1. The van der Waals surface area contributed by atoms with E-state index in [1.165, 1.54) is 4.88 Å². The maximum Gasteiger partial charge on any atom is 0.250 e. The van der Waals surface area contributed by atoms with Crippen LogP contribution in [0.5, 0.6) is 0 Å². The molecular formula is C14H14N4OS. The smallest absolute Gasteiger partial charge is 0.250 e. The molecule has 0 fully saturated rings. The highest BCUT2D eigenvalue weighted by atomic mass is 32.1. The van der Waals surface area contributed by atoms with Gasteiger partial charge in [0.1, 0.15) is 5.52 Å². The predicted octanol–water partition coefficient (Wildman–Crippen LogP) is 2.38. The standard InChI is InChI=1S/C14H14N4OS/c15-13(19)10-4-1-5-11-12(10)18-14(17-11)16-7-6-9-3-2-8-20-9/h1-5,8H,6-7H2,(H2,15,19)(H2,16,17,18). The predicted molar refractivity (Wildman–Crippen MR) is 81.1 cm³/mol. The molecule has 3 rings (SSSR count). The summed E-state index contributed by atoms with van der Waals surface area (Å²) < 4.78 is 0. The number of anilines is 1. The molecule has 1 amide bonds. The Morgan fingerprint density at radius 2 is 2.25 bits per heavy atom. The van der Waals surface area contributed by atoms with Gasteiger partial charge in [0.15, 0.2) is 0 Å². The summed E-state index contributed by atoms with van der Waals surface area (Å²) in [6.45, 7) is 0.784. The van der Waals surface area contributed by atoms with Crippen molar-refractivity contribution in [3.63, 3.8) is 0 Å². The van der Waals surface area contributed by atoms with Gasteiger partial charge < -0.3 is 16.0 Å². The van der Waals surface area contributed by atoms with Gasteiger partial charge in [-0.3, -0.25) is 4.79 Å². The van der Waals surface area contributed by atoms with Crippen molar-refractivity contribution in [3.05, 3.63) is 46.2 Å². The summed E-state index contributed by atoms with van der Waals surface area (Å²) in [7, 11) is 0. The van der Waals surface area contributed by atoms with Crippen LogP contribution >= 0.6 is 11.3 Å². The average molecular weight is 286 g/mol. The van der Waals surface area contributed by atoms with Crippen molar-refractivity contribution >= 4 is 34.2 Å². The lowest BCUT2D eigenvalue weighted by Gasteiger charge is -2.00. The Kier molecular flexibility index (Phi) is 3.39. The van der Waals surface area contributed by atoms with Crippen LogP contribution in [0.3, 0.4) is 0 Å². The van der Waals surface area contributed by atoms with E-state index in [0.717, 1.165) is 18.5 Å². The van der Waals surface area contributed by atoms with Crippen molar-refractivity contribution in [1.29, 1.82) is 0 Å². The number of H-pyrrole nitrogens is 1. The number of carbonyl (C=O) groups excluding carboxylic acids is 1. The number of rotatable bonds is 5. The van der Waals surface area contributed by atoms with Gasteiger partial charge >= 0.3 is 0 Å². The van der Waals surface area contributed by atoms with Gasteiger partial charge in [0.05, 0.1) is 11.1 Å². The van der Waals surface area contributed by atoms with Gasteiger partial charge in [0.2, 0.25) is 5.95 Å². The van der Waals surface area contributed by atoms with Crippen molar-refractivity contribution in [1.82, 2.24) is 9.97 Å². The number of hydrogen-bond donors (Lipinski definition) is 3. The van der Waals surface area contributed by atoms with Crippen LogP contribution < -0.4 is 11.1 Å². The molecule has 0 bridgehead atoms. The summed E-state index contributed by atoms with van der Waals surface area (Å²) >= 11 is 1.74. The summed E-state index contributed by atoms with van der Waals surface area (Å²) in [5, 5.41) is 5.29. The topological polar surface area (TPSA) is 83.8 Å². The molecule has 4 N–H and O–H groups in total. The summed E-state index contributed by atoms with van der Waals surface area (Å²) in [4.78, 5) is 20.2. The Balaban J connectivity index is 1.76. The molecular weight excluding hydrogens is 272 g/mol. The lowest BCUT2D eigenvalue weighted by atomic mass is 10.2. The molecule has 2 heterocycles. The van der Waals surface area contributed by atoms with Gasteiger partial charge in [-0.1, -0.05) is 12.1 Å². The zero-order valence-corrected chi connectivity index (χ0v) is 11.5. The first kappa shape index (κ1) is 12.7. The summed E-state index contributed by atoms with van der Waals surface area (Å²) in [5.74, 6) is 0.192. The molecule has 0 spiro atoms. The third kappa shape index (κ3) is 2.50. The molecule has 0 saturated carbocycles. The number of aromatic amines is 1. The van der Waals surface area contributed by atoms with Gasteiger partial charge in [-0.25, -0.2) is 4.98 Å². The second kappa shape index (κ2) is 5.34. The van der Waals surface area contributed by atoms with Gasteiger partial charge in [-0.15, -0.1) is 11.3 Å². The fourth-order valence-electron chi connectivity index (χ4n) is 2.07. The fourth-order valence-corrected chi connectivity index (χ4v) is 2.78. The number of amides is 1. The van der Waals surface area contributed by atoms with Crippen molar-refractivity contribution in [2.75, 3.05) is 11.9 Å². The second-order valence-electron chi connectivity index (χ2n) is 4.41. The molecule has 0 aliphatic heterocycles. The van der Waals surface area contributed by atoms with Crippen LogP contribution in [0.15, 0.2) is 35.7 Å². The number of para-hydroxylation sites is 1. The molecule has 6 heteroatoms.